The first-order valence-electron chi connectivity index (χ1n) is 11.1. The number of hydrogen-bond acceptors (Lipinski definition) is 5. The molecular weight excluding hydrogens is 420 g/mol. The van der Waals surface area contributed by atoms with Crippen molar-refractivity contribution in [2.45, 2.75) is 32.2 Å². The van der Waals surface area contributed by atoms with Crippen molar-refractivity contribution in [2.75, 3.05) is 26.7 Å². The Hall–Kier alpha value is -2.90. The van der Waals surface area contributed by atoms with Gasteiger partial charge in [-0.3, -0.25) is 4.79 Å². The van der Waals surface area contributed by atoms with Crippen molar-refractivity contribution in [2.24, 2.45) is 5.73 Å². The molecule has 7 heteroatoms. The molecule has 0 saturated carbocycles. The minimum absolute atomic E-state index is 0.378. The normalized spacial score (nSPS) is 15.6. The largest absolute Gasteiger partial charge is 0.496 e. The Bertz CT molecular complexity index is 1280. The van der Waals surface area contributed by atoms with Gasteiger partial charge in [0.25, 0.3) is 0 Å². The maximum absolute atomic E-state index is 11.6. The van der Waals surface area contributed by atoms with Crippen LogP contribution in [0.15, 0.2) is 42.6 Å². The molecule has 32 heavy (non-hydrogen) atoms. The van der Waals surface area contributed by atoms with Crippen LogP contribution in [0.2, 0.25) is 0 Å². The Kier molecular flexibility index (Phi) is 5.61. The van der Waals surface area contributed by atoms with E-state index >= 15 is 0 Å². The maximum Gasteiger partial charge on any atom is 0.248 e. The van der Waals surface area contributed by atoms with Crippen LogP contribution >= 0.6 is 11.3 Å². The first kappa shape index (κ1) is 21.0. The van der Waals surface area contributed by atoms with Gasteiger partial charge in [-0.25, -0.2) is 4.98 Å². The number of likely N-dealkylation sites (tertiary alicyclic amines) is 1. The quantitative estimate of drug-likeness (QED) is 0.470. The van der Waals surface area contributed by atoms with Crippen LogP contribution in [0, 0.1) is 6.92 Å². The number of carbonyl (C=O) groups excluding carboxylic acids is 1. The number of aromatic nitrogens is 2. The monoisotopic (exact) mass is 448 g/mol. The summed E-state index contributed by atoms with van der Waals surface area (Å²) >= 11 is 1.74. The van der Waals surface area contributed by atoms with Crippen molar-refractivity contribution in [1.29, 1.82) is 0 Å². The number of fused-ring (bicyclic) bond motifs is 2. The van der Waals surface area contributed by atoms with E-state index in [-0.39, 0.29) is 5.91 Å². The van der Waals surface area contributed by atoms with E-state index in [9.17, 15) is 4.79 Å². The van der Waals surface area contributed by atoms with Crippen LogP contribution in [0.3, 0.4) is 0 Å². The van der Waals surface area contributed by atoms with Gasteiger partial charge in [0.1, 0.15) is 5.75 Å². The Morgan fingerprint density at radius 1 is 1.22 bits per heavy atom. The molecule has 0 spiro atoms. The Morgan fingerprint density at radius 2 is 2.03 bits per heavy atom. The van der Waals surface area contributed by atoms with Gasteiger partial charge in [0.15, 0.2) is 0 Å². The predicted octanol–water partition coefficient (Wildman–Crippen LogP) is 4.55. The summed E-state index contributed by atoms with van der Waals surface area (Å²) in [4.78, 5) is 18.7. The molecule has 6 nitrogen and oxygen atoms in total. The second-order valence-corrected chi connectivity index (χ2v) is 9.78. The number of carbonyl (C=O) groups is 1. The fourth-order valence-corrected chi connectivity index (χ4v) is 5.69. The summed E-state index contributed by atoms with van der Waals surface area (Å²) in [5, 5.41) is 2.24. The maximum atomic E-state index is 11.6. The lowest BCUT2D eigenvalue weighted by Gasteiger charge is -2.33. The summed E-state index contributed by atoms with van der Waals surface area (Å²) in [7, 11) is 1.74. The molecule has 0 bridgehead atoms. The number of hydrogen-bond donors (Lipinski definition) is 1. The zero-order valence-electron chi connectivity index (χ0n) is 18.5. The molecule has 1 amide bonds. The summed E-state index contributed by atoms with van der Waals surface area (Å²) in [6.45, 7) is 5.18. The van der Waals surface area contributed by atoms with Gasteiger partial charge < -0.3 is 19.9 Å². The third-order valence-corrected chi connectivity index (χ3v) is 7.49. The highest BCUT2D eigenvalue weighted by molar-refractivity contribution is 7.18. The number of benzene rings is 2. The van der Waals surface area contributed by atoms with Crippen LogP contribution in [-0.2, 0) is 6.42 Å². The molecule has 1 aliphatic heterocycles. The van der Waals surface area contributed by atoms with Crippen LogP contribution < -0.4 is 10.5 Å². The van der Waals surface area contributed by atoms with Crippen molar-refractivity contribution in [3.63, 3.8) is 0 Å². The summed E-state index contributed by atoms with van der Waals surface area (Å²) < 4.78 is 9.20. The van der Waals surface area contributed by atoms with Crippen molar-refractivity contribution in [3.8, 4) is 5.75 Å². The average Bonchev–Trinajstić information content (AvgIpc) is 3.38. The highest BCUT2D eigenvalue weighted by Gasteiger charge is 2.22. The zero-order chi connectivity index (χ0) is 22.2. The Balaban J connectivity index is 1.25. The fraction of sp³-hybridized carbons (Fsp3) is 0.360. The van der Waals surface area contributed by atoms with Gasteiger partial charge in [-0.15, -0.1) is 11.3 Å². The van der Waals surface area contributed by atoms with Gasteiger partial charge in [-0.1, -0.05) is 6.07 Å². The van der Waals surface area contributed by atoms with Crippen LogP contribution in [0.4, 0.5) is 0 Å². The van der Waals surface area contributed by atoms with Crippen LogP contribution in [0.1, 0.15) is 39.8 Å². The zero-order valence-corrected chi connectivity index (χ0v) is 19.3. The molecule has 5 rings (SSSR count). The van der Waals surface area contributed by atoms with Crippen molar-refractivity contribution in [1.82, 2.24) is 14.5 Å². The second-order valence-electron chi connectivity index (χ2n) is 8.55. The number of nitrogens with two attached hydrogens (primary N) is 1. The van der Waals surface area contributed by atoms with Gasteiger partial charge in [-0.05, 0) is 61.4 Å². The number of primary amides is 1. The van der Waals surface area contributed by atoms with E-state index in [4.69, 9.17) is 10.5 Å². The van der Waals surface area contributed by atoms with Gasteiger partial charge in [0.05, 0.1) is 22.3 Å². The van der Waals surface area contributed by atoms with Gasteiger partial charge in [0.2, 0.25) is 5.91 Å². The molecule has 0 radical (unpaired) electrons. The molecule has 3 heterocycles. The lowest BCUT2D eigenvalue weighted by Crippen LogP contribution is -2.35. The van der Waals surface area contributed by atoms with Crippen molar-refractivity contribution < 1.29 is 9.53 Å². The van der Waals surface area contributed by atoms with E-state index in [1.165, 1.54) is 10.3 Å². The number of piperidine rings is 1. The molecule has 1 fully saturated rings. The number of thiazole rings is 1. The smallest absolute Gasteiger partial charge is 0.248 e. The van der Waals surface area contributed by atoms with Gasteiger partial charge in [0, 0.05) is 49.0 Å². The highest BCUT2D eigenvalue weighted by Crippen LogP contribution is 2.31. The molecule has 1 aliphatic rings. The van der Waals surface area contributed by atoms with Gasteiger partial charge in [-0.2, -0.15) is 0 Å². The van der Waals surface area contributed by atoms with Crippen molar-refractivity contribution >= 4 is 38.4 Å². The molecule has 1 saturated heterocycles. The number of methoxy groups -OCH3 is 1. The minimum Gasteiger partial charge on any atom is -0.496 e. The van der Waals surface area contributed by atoms with Crippen LogP contribution in [-0.4, -0.2) is 47.1 Å². The van der Waals surface area contributed by atoms with E-state index in [0.29, 0.717) is 11.6 Å². The summed E-state index contributed by atoms with van der Waals surface area (Å²) in [6.07, 6.45) is 5.30. The topological polar surface area (TPSA) is 73.4 Å². The molecule has 2 aromatic heterocycles. The number of nitrogens with zero attached hydrogens (tertiary/aromatic N) is 3. The average molecular weight is 449 g/mol. The number of ether oxygens (including phenoxy) is 1. The molecule has 4 aromatic rings. The fourth-order valence-electron chi connectivity index (χ4n) is 4.82. The number of rotatable bonds is 6. The van der Waals surface area contributed by atoms with Crippen LogP contribution in [0.25, 0.3) is 21.1 Å². The van der Waals surface area contributed by atoms with E-state index in [2.05, 4.69) is 38.8 Å². The molecular formula is C25H28N4O2S. The minimum atomic E-state index is -0.378. The predicted molar refractivity (Wildman–Crippen MR) is 130 cm³/mol. The number of aryl methyl sites for hydroxylation is 1. The van der Waals surface area contributed by atoms with E-state index in [1.54, 1.807) is 24.5 Å². The number of amides is 1. The van der Waals surface area contributed by atoms with E-state index < -0.39 is 0 Å². The third kappa shape index (κ3) is 3.98. The molecule has 2 aromatic carbocycles. The Labute approximate surface area is 191 Å². The van der Waals surface area contributed by atoms with Crippen molar-refractivity contribution in [3.05, 3.63) is 58.7 Å². The lowest BCUT2D eigenvalue weighted by molar-refractivity contribution is 0.100. The molecule has 0 atom stereocenters. The summed E-state index contributed by atoms with van der Waals surface area (Å²) in [5.74, 6) is 0.554. The van der Waals surface area contributed by atoms with E-state index in [1.807, 2.05) is 19.1 Å². The Morgan fingerprint density at radius 3 is 2.78 bits per heavy atom. The van der Waals surface area contributed by atoms with Crippen LogP contribution in [0.5, 0.6) is 5.75 Å². The first-order chi connectivity index (χ1) is 15.5. The third-order valence-electron chi connectivity index (χ3n) is 6.55. The SMILES string of the molecule is COc1cc2nc(C)sc2cc1CCN1CCC(n2ccc3ccc(C(N)=O)cc32)CC1. The molecule has 166 valence electrons. The lowest BCUT2D eigenvalue weighted by atomic mass is 10.0. The molecule has 2 N–H and O–H groups in total. The van der Waals surface area contributed by atoms with E-state index in [0.717, 1.165) is 66.1 Å². The second kappa shape index (κ2) is 8.56. The first-order valence-corrected chi connectivity index (χ1v) is 11.9. The summed E-state index contributed by atoms with van der Waals surface area (Å²) in [6, 6.07) is 12.6. The standard InChI is InChI=1S/C25H28N4O2S/c1-16-27-21-15-23(31-2)18(14-24(21)32-16)5-9-28-10-7-20(8-11-28)29-12-6-17-3-4-19(25(26)30)13-22(17)29/h3-4,6,12-15,20H,5,7-11H2,1-2H3,(H2,26,30). The highest BCUT2D eigenvalue weighted by atomic mass is 32.1. The van der Waals surface area contributed by atoms with Gasteiger partial charge >= 0.3 is 0 Å². The molecule has 0 unspecified atom stereocenters. The summed E-state index contributed by atoms with van der Waals surface area (Å²) in [5.41, 5.74) is 9.42. The molecule has 0 aliphatic carbocycles.